The summed E-state index contributed by atoms with van der Waals surface area (Å²) in [5.74, 6) is -3.22. The zero-order chi connectivity index (χ0) is 122. The van der Waals surface area contributed by atoms with E-state index in [9.17, 15) is 0 Å². The molecule has 16 aromatic heterocycles. The Morgan fingerprint density at radius 2 is 0.620 bits per heavy atom. The number of aromatic nitrogens is 12. The Bertz CT molecular complexity index is 9340. The van der Waals surface area contributed by atoms with E-state index in [0.29, 0.717) is 73.2 Å². The van der Waals surface area contributed by atoms with Crippen LogP contribution in [0.5, 0.6) is 0 Å². The zero-order valence-electron chi connectivity index (χ0n) is 107. The van der Waals surface area contributed by atoms with Crippen molar-refractivity contribution < 1.29 is 131 Å². The molecule has 0 N–H and O–H groups in total. The molecule has 0 aliphatic heterocycles. The van der Waals surface area contributed by atoms with Crippen LogP contribution in [0.2, 0.25) is 0 Å². The monoisotopic (exact) mass is 2700 g/mol. The van der Waals surface area contributed by atoms with E-state index in [1.807, 2.05) is 215 Å². The number of fused-ring (bicyclic) bond motifs is 12. The third-order valence-electron chi connectivity index (χ3n) is 23.5. The van der Waals surface area contributed by atoms with Crippen LogP contribution in [-0.2, 0) is 119 Å². The fourth-order valence-electron chi connectivity index (χ4n) is 16.1. The van der Waals surface area contributed by atoms with Gasteiger partial charge in [0, 0.05) is 207 Å². The van der Waals surface area contributed by atoms with Crippen molar-refractivity contribution in [2.75, 3.05) is 0 Å². The van der Waals surface area contributed by atoms with Gasteiger partial charge in [-0.1, -0.05) is 189 Å². The number of nitrogens with zero attached hydrogens (tertiary/aromatic N) is 12. The van der Waals surface area contributed by atoms with Crippen molar-refractivity contribution in [2.45, 2.75) is 148 Å². The molecule has 0 unspecified atom stereocenters. The van der Waals surface area contributed by atoms with Crippen LogP contribution >= 0.6 is 0 Å². The summed E-state index contributed by atoms with van der Waals surface area (Å²) in [6.07, 6.45) is 5.79. The Morgan fingerprint density at radius 3 is 0.947 bits per heavy atom. The maximum atomic E-state index is 8.57. The molecule has 4 radical (unpaired) electrons. The zero-order valence-corrected chi connectivity index (χ0v) is 92.5. The molecule has 0 spiro atoms. The van der Waals surface area contributed by atoms with Gasteiger partial charge in [0.05, 0.1) is 22.3 Å². The van der Waals surface area contributed by atoms with Gasteiger partial charge in [0.25, 0.3) is 0 Å². The van der Waals surface area contributed by atoms with Crippen LogP contribution in [0.15, 0.2) is 346 Å². The number of benzene rings is 8. The summed E-state index contributed by atoms with van der Waals surface area (Å²) in [6.45, 7) is 3.65. The molecule has 0 aliphatic rings. The fourth-order valence-corrected chi connectivity index (χ4v) is 16.1. The average molecular weight is 2700 g/mol. The van der Waals surface area contributed by atoms with Crippen molar-refractivity contribution in [1.82, 2.24) is 59.8 Å². The second-order valence-electron chi connectivity index (χ2n) is 33.2. The van der Waals surface area contributed by atoms with Crippen LogP contribution in [0.25, 0.3) is 178 Å². The van der Waals surface area contributed by atoms with Crippen molar-refractivity contribution in [3.8, 4) is 90.1 Å². The molecule has 760 valence electrons. The van der Waals surface area contributed by atoms with Gasteiger partial charge >= 0.3 is 0 Å². The molecule has 0 amide bonds. The number of furan rings is 4. The van der Waals surface area contributed by atoms with Gasteiger partial charge in [-0.3, -0.25) is 0 Å². The first-order chi connectivity index (χ1) is 80.4. The van der Waals surface area contributed by atoms with Crippen LogP contribution in [0, 0.1) is 96.8 Å². The molecule has 0 aliphatic carbocycles. The predicted octanol–water partition coefficient (Wildman–Crippen LogP) is 32.2. The van der Waals surface area contributed by atoms with Gasteiger partial charge in [-0.25, -0.2) is 19.9 Å². The van der Waals surface area contributed by atoms with Gasteiger partial charge in [0.15, 0.2) is 0 Å². The van der Waals surface area contributed by atoms with E-state index >= 15 is 0 Å². The van der Waals surface area contributed by atoms with Crippen molar-refractivity contribution in [3.63, 3.8) is 0 Å². The predicted molar refractivity (Wildman–Crippen MR) is 592 cm³/mol. The van der Waals surface area contributed by atoms with E-state index in [2.05, 4.69) is 134 Å². The standard InChI is InChI=1S/4C21H19N2O.2C12H10N.2C11H8N.4Ir/c1-12(2)18-10-19(22-11-13(18)3)17-7-5-6-15-16-9-8-14(4)23-21(16)24-20(15)17;3*1-4-14-11-19(22-12-15(14)5-2)18-8-6-7-16-17-10-9-13(3)23-21(17)24-20(16)18;1-10-6-5-9-12(13-10)11-7-3-2-4-8-11;1-10-7-8-12(13-9-10)11-5-3-2-4-6-11;2*1-2-6-10(7-3-1)11-8-4-5-9-12-11;;;;/h5-6,8-12H,1-4H3;3*6-7,9-12H,4-5H2,1-3H3;2-7,9H,1H3;2-5,7-9H,1H3;2*1-6,8-9H;;;;/q8*-1;;;;/i1D3,2D3,3D3,12D;2*4D2,5D2;;2*1D3;;;;;;. The summed E-state index contributed by atoms with van der Waals surface area (Å²) in [4.78, 5) is 52.1. The Labute approximate surface area is 965 Å². The molecule has 20 heteroatoms. The van der Waals surface area contributed by atoms with E-state index in [-0.39, 0.29) is 125 Å². The van der Waals surface area contributed by atoms with Gasteiger partial charge in [-0.15, -0.1) is 216 Å². The normalized spacial score (nSPS) is 13.9. The molecular weight excluding hydrogens is 2560 g/mol. The van der Waals surface area contributed by atoms with Crippen LogP contribution < -0.4 is 0 Å². The Hall–Kier alpha value is -14.6. The molecular formula is C130H112Ir4N12O4-8. The molecule has 0 saturated heterocycles. The quantitative estimate of drug-likeness (QED) is 0.0875. The molecule has 150 heavy (non-hydrogen) atoms. The van der Waals surface area contributed by atoms with Gasteiger partial charge in [-0.2, -0.15) is 0 Å². The molecule has 24 aromatic rings. The first-order valence-electron chi connectivity index (χ1n) is 58.9. The maximum absolute atomic E-state index is 8.57. The Morgan fingerprint density at radius 1 is 0.273 bits per heavy atom. The van der Waals surface area contributed by atoms with E-state index < -0.39 is 76.8 Å². The van der Waals surface area contributed by atoms with Gasteiger partial charge < -0.3 is 57.5 Å². The second kappa shape index (κ2) is 54.0. The van der Waals surface area contributed by atoms with E-state index in [0.717, 1.165) is 142 Å². The van der Waals surface area contributed by atoms with Crippen molar-refractivity contribution in [2.24, 2.45) is 0 Å². The SMILES string of the molecule is CCc1cnc(-c2[c-]ccc3c2oc2nc(C)ccc23)cc1CC.[2H]C([2H])(C)c1cnc(-c2[c-]ccc3c2oc2nc(C)ccc23)cc1C([2H])([2H])C.[2H]C([2H])(C)c1cnc(-c2[c-]ccc3c2oc2nc(C)ccc23)cc1C([2H])([2H])C.[2H]C([2H])([2H])c1ccc(-c2[c-]cccc2)nc1.[2H]C([2H])([2H])c1cccc(-c2[c-]cccc2)n1.[2H]C([2H])([2H])c1cnc(-c2[c-]ccc3c2oc2nc(C)ccc23)cc1C([2H])(C([2H])([2H])[2H])C([2H])([2H])[2H].[Ir].[Ir].[Ir].[Ir].[c-]1ccccc1-c1ccccn1.[c-]1ccccc1-c1ccccn1. The first-order valence-corrected chi connectivity index (χ1v) is 46.9. The minimum absolute atomic E-state index is 0. The largest absolute Gasteiger partial charge is 0.486 e. The third-order valence-corrected chi connectivity index (χ3v) is 23.5. The number of pyridine rings is 12. The molecule has 16 heterocycles. The number of rotatable bonds is 15. The number of aryl methyl sites for hydroxylation is 13. The number of hydrogen-bond acceptors (Lipinski definition) is 16. The minimum atomic E-state index is -3.37. The topological polar surface area (TPSA) is 207 Å². The maximum Gasteiger partial charge on any atom is 0.216 e. The Kier molecular flexibility index (Phi) is 30.0. The molecule has 0 fully saturated rings. The molecule has 24 rings (SSSR count). The summed E-state index contributed by atoms with van der Waals surface area (Å²) in [5.41, 5.74) is 21.8. The molecule has 0 saturated carbocycles. The summed E-state index contributed by atoms with van der Waals surface area (Å²) in [7, 11) is 0. The molecule has 8 aromatic carbocycles. The number of hydrogen-bond donors (Lipinski definition) is 0. The fraction of sp³-hybridized carbons (Fsp3) is 0.169. The summed E-state index contributed by atoms with van der Waals surface area (Å²) in [6, 6.07) is 112. The van der Waals surface area contributed by atoms with Crippen molar-refractivity contribution in [3.05, 3.63) is 456 Å². The van der Waals surface area contributed by atoms with Gasteiger partial charge in [0.1, 0.15) is 0 Å². The van der Waals surface area contributed by atoms with Crippen LogP contribution in [0.3, 0.4) is 0 Å². The molecule has 0 bridgehead atoms. The van der Waals surface area contributed by atoms with Gasteiger partial charge in [-0.05, 0) is 238 Å². The summed E-state index contributed by atoms with van der Waals surface area (Å²) in [5, 5.41) is 7.03. The first kappa shape index (κ1) is 83.2. The van der Waals surface area contributed by atoms with Crippen molar-refractivity contribution in [1.29, 1.82) is 0 Å². The molecule has 16 nitrogen and oxygen atoms in total. The van der Waals surface area contributed by atoms with Crippen molar-refractivity contribution >= 4 is 88.3 Å². The van der Waals surface area contributed by atoms with Gasteiger partial charge in [0.2, 0.25) is 22.9 Å². The minimum Gasteiger partial charge on any atom is -0.486 e. The van der Waals surface area contributed by atoms with Crippen LogP contribution in [0.4, 0.5) is 0 Å². The summed E-state index contributed by atoms with van der Waals surface area (Å²) < 4.78 is 211. The molecule has 0 atom stereocenters. The smallest absolute Gasteiger partial charge is 0.216 e. The van der Waals surface area contributed by atoms with E-state index in [1.165, 1.54) is 63.5 Å². The Balaban J connectivity index is 0.000000165. The average Bonchev–Trinajstić information content (AvgIpc) is 0.852. The van der Waals surface area contributed by atoms with E-state index in [1.54, 1.807) is 92.1 Å². The van der Waals surface area contributed by atoms with Crippen LogP contribution in [-0.4, -0.2) is 59.8 Å². The second-order valence-corrected chi connectivity index (χ2v) is 33.2. The van der Waals surface area contributed by atoms with E-state index in [4.69, 9.17) is 50.6 Å². The third kappa shape index (κ3) is 27.1. The van der Waals surface area contributed by atoms with Crippen LogP contribution in [0.1, 0.15) is 173 Å². The summed E-state index contributed by atoms with van der Waals surface area (Å²) >= 11 is 0.